The highest BCUT2D eigenvalue weighted by Gasteiger charge is 2.45. The standard InChI is InChI=1S/C14H21N3O6/c1-14(2,3)12(20)22-6-7-9(18)10(19)11(23-7)17-5-4-8(15)16-13(17)21/h4-5,7,9-11,18-19H,6H2,1-3H3,(H2,15,16,21)/t7-,9-,10-,11-/m1/s1. The molecule has 9 nitrogen and oxygen atoms in total. The van der Waals surface area contributed by atoms with Crippen LogP contribution < -0.4 is 11.4 Å². The van der Waals surface area contributed by atoms with Gasteiger partial charge in [-0.2, -0.15) is 4.98 Å². The molecule has 2 heterocycles. The molecule has 0 aliphatic carbocycles. The predicted molar refractivity (Wildman–Crippen MR) is 79.2 cm³/mol. The molecule has 4 N–H and O–H groups in total. The van der Waals surface area contributed by atoms with Crippen molar-refractivity contribution in [3.8, 4) is 0 Å². The second-order valence-electron chi connectivity index (χ2n) is 6.44. The SMILES string of the molecule is CC(C)(C)C(=O)OC[C@H]1O[C@@H](n2ccc(N)nc2=O)[C@H](O)[C@@H]1O. The Kier molecular flexibility index (Phi) is 4.73. The number of aromatic nitrogens is 2. The van der Waals surface area contributed by atoms with Gasteiger partial charge in [0.1, 0.15) is 30.7 Å². The molecular formula is C14H21N3O6. The van der Waals surface area contributed by atoms with Gasteiger partial charge in [-0.15, -0.1) is 0 Å². The number of hydrogen-bond acceptors (Lipinski definition) is 8. The van der Waals surface area contributed by atoms with Gasteiger partial charge in [-0.05, 0) is 26.8 Å². The lowest BCUT2D eigenvalue weighted by molar-refractivity contribution is -0.159. The van der Waals surface area contributed by atoms with Crippen molar-refractivity contribution in [2.75, 3.05) is 12.3 Å². The quantitative estimate of drug-likeness (QED) is 0.603. The number of aliphatic hydroxyl groups is 2. The van der Waals surface area contributed by atoms with Gasteiger partial charge in [0.25, 0.3) is 0 Å². The molecule has 1 aromatic rings. The van der Waals surface area contributed by atoms with E-state index < -0.39 is 41.6 Å². The van der Waals surface area contributed by atoms with Crippen molar-refractivity contribution in [1.82, 2.24) is 9.55 Å². The van der Waals surface area contributed by atoms with E-state index in [4.69, 9.17) is 15.2 Å². The Labute approximate surface area is 132 Å². The van der Waals surface area contributed by atoms with Gasteiger partial charge >= 0.3 is 11.7 Å². The number of esters is 1. The second kappa shape index (κ2) is 6.26. The van der Waals surface area contributed by atoms with Gasteiger partial charge in [-0.3, -0.25) is 9.36 Å². The number of nitrogen functional groups attached to an aromatic ring is 1. The summed E-state index contributed by atoms with van der Waals surface area (Å²) in [4.78, 5) is 27.1. The van der Waals surface area contributed by atoms with Crippen molar-refractivity contribution in [2.45, 2.75) is 45.3 Å². The zero-order chi connectivity index (χ0) is 17.4. The van der Waals surface area contributed by atoms with Crippen LogP contribution >= 0.6 is 0 Å². The summed E-state index contributed by atoms with van der Waals surface area (Å²) >= 11 is 0. The Hall–Kier alpha value is -1.97. The Morgan fingerprint density at radius 3 is 2.65 bits per heavy atom. The number of carbonyl (C=O) groups is 1. The van der Waals surface area contributed by atoms with Crippen molar-refractivity contribution < 1.29 is 24.5 Å². The minimum absolute atomic E-state index is 0.0370. The molecule has 0 saturated carbocycles. The summed E-state index contributed by atoms with van der Waals surface area (Å²) in [5.41, 5.74) is 3.99. The molecule has 1 aromatic heterocycles. The van der Waals surface area contributed by atoms with E-state index in [0.717, 1.165) is 4.57 Å². The average molecular weight is 327 g/mol. The number of nitrogens with two attached hydrogens (primary N) is 1. The van der Waals surface area contributed by atoms with E-state index in [2.05, 4.69) is 4.98 Å². The first kappa shape index (κ1) is 17.4. The topological polar surface area (TPSA) is 137 Å². The summed E-state index contributed by atoms with van der Waals surface area (Å²) in [7, 11) is 0. The van der Waals surface area contributed by atoms with Gasteiger partial charge in [0, 0.05) is 6.20 Å². The van der Waals surface area contributed by atoms with Gasteiger partial charge in [0.15, 0.2) is 6.23 Å². The van der Waals surface area contributed by atoms with Gasteiger partial charge in [0.2, 0.25) is 0 Å². The first-order chi connectivity index (χ1) is 10.6. The molecular weight excluding hydrogens is 306 g/mol. The number of hydrogen-bond donors (Lipinski definition) is 3. The van der Waals surface area contributed by atoms with Crippen LogP contribution in [0.1, 0.15) is 27.0 Å². The summed E-state index contributed by atoms with van der Waals surface area (Å²) in [6.07, 6.45) is -3.45. The highest BCUT2D eigenvalue weighted by atomic mass is 16.6. The van der Waals surface area contributed by atoms with Crippen LogP contribution in [0.3, 0.4) is 0 Å². The fraction of sp³-hybridized carbons (Fsp3) is 0.643. The summed E-state index contributed by atoms with van der Waals surface area (Å²) in [6, 6.07) is 1.37. The van der Waals surface area contributed by atoms with E-state index in [9.17, 15) is 19.8 Å². The van der Waals surface area contributed by atoms with Crippen LogP contribution in [0.15, 0.2) is 17.1 Å². The Balaban J connectivity index is 2.09. The van der Waals surface area contributed by atoms with E-state index >= 15 is 0 Å². The third-order valence-corrected chi connectivity index (χ3v) is 3.45. The van der Waals surface area contributed by atoms with E-state index in [0.29, 0.717) is 0 Å². The number of rotatable bonds is 3. The third-order valence-electron chi connectivity index (χ3n) is 3.45. The number of carbonyl (C=O) groups excluding carboxylic acids is 1. The molecule has 0 spiro atoms. The molecule has 0 bridgehead atoms. The molecule has 4 atom stereocenters. The number of ether oxygens (including phenoxy) is 2. The lowest BCUT2D eigenvalue weighted by Gasteiger charge is -2.20. The fourth-order valence-corrected chi connectivity index (χ4v) is 2.09. The van der Waals surface area contributed by atoms with E-state index in [1.54, 1.807) is 20.8 Å². The Morgan fingerprint density at radius 2 is 2.09 bits per heavy atom. The first-order valence-electron chi connectivity index (χ1n) is 7.14. The zero-order valence-corrected chi connectivity index (χ0v) is 13.2. The monoisotopic (exact) mass is 327 g/mol. The van der Waals surface area contributed by atoms with Crippen molar-refractivity contribution in [3.05, 3.63) is 22.7 Å². The summed E-state index contributed by atoms with van der Waals surface area (Å²) in [5.74, 6) is -0.424. The minimum atomic E-state index is -1.36. The molecule has 0 amide bonds. The molecule has 9 heteroatoms. The predicted octanol–water partition coefficient (Wildman–Crippen LogP) is -0.966. The molecule has 23 heavy (non-hydrogen) atoms. The van der Waals surface area contributed by atoms with Crippen LogP contribution in [0.4, 0.5) is 5.82 Å². The van der Waals surface area contributed by atoms with Crippen LogP contribution in [0.25, 0.3) is 0 Å². The number of aliphatic hydroxyl groups excluding tert-OH is 2. The molecule has 128 valence electrons. The lowest BCUT2D eigenvalue weighted by Crippen LogP contribution is -2.37. The Bertz CT molecular complexity index is 638. The molecule has 1 fully saturated rings. The van der Waals surface area contributed by atoms with Crippen LogP contribution in [0.5, 0.6) is 0 Å². The van der Waals surface area contributed by atoms with Crippen molar-refractivity contribution in [3.63, 3.8) is 0 Å². The molecule has 0 unspecified atom stereocenters. The van der Waals surface area contributed by atoms with Crippen LogP contribution in [0, 0.1) is 5.41 Å². The van der Waals surface area contributed by atoms with Crippen molar-refractivity contribution in [2.24, 2.45) is 5.41 Å². The van der Waals surface area contributed by atoms with E-state index in [1.165, 1.54) is 12.3 Å². The van der Waals surface area contributed by atoms with Gasteiger partial charge in [-0.25, -0.2) is 4.79 Å². The minimum Gasteiger partial charge on any atom is -0.462 e. The van der Waals surface area contributed by atoms with Crippen LogP contribution in [0.2, 0.25) is 0 Å². The number of nitrogens with zero attached hydrogens (tertiary/aromatic N) is 2. The van der Waals surface area contributed by atoms with Gasteiger partial charge in [-0.1, -0.05) is 0 Å². The maximum absolute atomic E-state index is 11.8. The molecule has 1 aliphatic rings. The van der Waals surface area contributed by atoms with E-state index in [1.807, 2.05) is 0 Å². The molecule has 0 aromatic carbocycles. The molecule has 1 aliphatic heterocycles. The average Bonchev–Trinajstić information content (AvgIpc) is 2.72. The van der Waals surface area contributed by atoms with E-state index in [-0.39, 0.29) is 12.4 Å². The summed E-state index contributed by atoms with van der Waals surface area (Å²) in [6.45, 7) is 4.84. The highest BCUT2D eigenvalue weighted by molar-refractivity contribution is 5.75. The van der Waals surface area contributed by atoms with Crippen molar-refractivity contribution in [1.29, 1.82) is 0 Å². The van der Waals surface area contributed by atoms with Crippen LogP contribution in [-0.2, 0) is 14.3 Å². The fourth-order valence-electron chi connectivity index (χ4n) is 2.09. The normalized spacial score (nSPS) is 27.9. The smallest absolute Gasteiger partial charge is 0.351 e. The summed E-state index contributed by atoms with van der Waals surface area (Å²) in [5, 5.41) is 20.1. The zero-order valence-electron chi connectivity index (χ0n) is 13.2. The van der Waals surface area contributed by atoms with Gasteiger partial charge in [0.05, 0.1) is 5.41 Å². The largest absolute Gasteiger partial charge is 0.462 e. The third kappa shape index (κ3) is 3.69. The van der Waals surface area contributed by atoms with Gasteiger partial charge < -0.3 is 25.4 Å². The molecule has 1 saturated heterocycles. The number of anilines is 1. The molecule has 2 rings (SSSR count). The van der Waals surface area contributed by atoms with Crippen LogP contribution in [-0.4, -0.2) is 50.7 Å². The highest BCUT2D eigenvalue weighted by Crippen LogP contribution is 2.29. The second-order valence-corrected chi connectivity index (χ2v) is 6.44. The Morgan fingerprint density at radius 1 is 1.43 bits per heavy atom. The summed E-state index contributed by atoms with van der Waals surface area (Å²) < 4.78 is 11.6. The maximum atomic E-state index is 11.8. The lowest BCUT2D eigenvalue weighted by atomic mass is 9.97. The molecule has 0 radical (unpaired) electrons. The van der Waals surface area contributed by atoms with Crippen molar-refractivity contribution >= 4 is 11.8 Å². The maximum Gasteiger partial charge on any atom is 0.351 e. The first-order valence-corrected chi connectivity index (χ1v) is 7.14.